The SMILES string of the molecule is N[C@@](CF)(Cc1c[nH]c2ccccc12)C(=O)O. The number of carbonyl (C=O) groups is 1. The number of H-pyrrole nitrogens is 1. The molecule has 0 aliphatic heterocycles. The summed E-state index contributed by atoms with van der Waals surface area (Å²) in [5.41, 5.74) is 5.27. The Morgan fingerprint density at radius 1 is 1.47 bits per heavy atom. The number of alkyl halides is 1. The van der Waals surface area contributed by atoms with Gasteiger partial charge in [0.25, 0.3) is 0 Å². The van der Waals surface area contributed by atoms with Crippen molar-refractivity contribution in [3.05, 3.63) is 36.0 Å². The fourth-order valence-electron chi connectivity index (χ4n) is 1.80. The summed E-state index contributed by atoms with van der Waals surface area (Å²) in [6, 6.07) is 7.42. The number of hydrogen-bond acceptors (Lipinski definition) is 2. The van der Waals surface area contributed by atoms with Crippen LogP contribution in [0.3, 0.4) is 0 Å². The van der Waals surface area contributed by atoms with Crippen molar-refractivity contribution < 1.29 is 14.3 Å². The molecule has 4 N–H and O–H groups in total. The van der Waals surface area contributed by atoms with Crippen molar-refractivity contribution in [3.63, 3.8) is 0 Å². The molecule has 1 aromatic carbocycles. The molecule has 0 radical (unpaired) electrons. The summed E-state index contributed by atoms with van der Waals surface area (Å²) in [7, 11) is 0. The second-order valence-corrected chi connectivity index (χ2v) is 4.13. The summed E-state index contributed by atoms with van der Waals surface area (Å²) < 4.78 is 12.8. The molecule has 0 bridgehead atoms. The number of rotatable bonds is 4. The van der Waals surface area contributed by atoms with Crippen molar-refractivity contribution in [1.29, 1.82) is 0 Å². The second kappa shape index (κ2) is 4.18. The van der Waals surface area contributed by atoms with Crippen LogP contribution in [0.5, 0.6) is 0 Å². The zero-order valence-corrected chi connectivity index (χ0v) is 9.11. The monoisotopic (exact) mass is 236 g/mol. The van der Waals surface area contributed by atoms with E-state index in [0.717, 1.165) is 10.9 Å². The summed E-state index contributed by atoms with van der Waals surface area (Å²) >= 11 is 0. The fourth-order valence-corrected chi connectivity index (χ4v) is 1.80. The van der Waals surface area contributed by atoms with E-state index in [0.29, 0.717) is 5.56 Å². The molecule has 0 unspecified atom stereocenters. The van der Waals surface area contributed by atoms with Crippen LogP contribution in [-0.2, 0) is 11.2 Å². The number of carboxylic acid groups (broad SMARTS) is 1. The number of halogens is 1. The number of nitrogens with two attached hydrogens (primary N) is 1. The average molecular weight is 236 g/mol. The van der Waals surface area contributed by atoms with E-state index in [-0.39, 0.29) is 6.42 Å². The fraction of sp³-hybridized carbons (Fsp3) is 0.250. The molecule has 0 spiro atoms. The number of nitrogens with one attached hydrogen (secondary N) is 1. The molecule has 4 nitrogen and oxygen atoms in total. The standard InChI is InChI=1S/C12H13FN2O2/c13-7-12(14,11(16)17)5-8-6-15-10-4-2-1-3-9(8)10/h1-4,6,15H,5,7,14H2,(H,16,17)/t12-/m1/s1. The van der Waals surface area contributed by atoms with Crippen LogP contribution < -0.4 is 5.73 Å². The number of fused-ring (bicyclic) bond motifs is 1. The third-order valence-corrected chi connectivity index (χ3v) is 2.85. The molecule has 1 heterocycles. The largest absolute Gasteiger partial charge is 0.480 e. The van der Waals surface area contributed by atoms with Gasteiger partial charge in [0.2, 0.25) is 0 Å². The Morgan fingerprint density at radius 3 is 2.82 bits per heavy atom. The summed E-state index contributed by atoms with van der Waals surface area (Å²) in [5.74, 6) is -1.33. The quantitative estimate of drug-likeness (QED) is 0.752. The van der Waals surface area contributed by atoms with Gasteiger partial charge in [0.05, 0.1) is 0 Å². The lowest BCUT2D eigenvalue weighted by Crippen LogP contribution is -2.52. The van der Waals surface area contributed by atoms with E-state index in [1.807, 2.05) is 24.3 Å². The van der Waals surface area contributed by atoms with Crippen LogP contribution in [0.2, 0.25) is 0 Å². The van der Waals surface area contributed by atoms with Gasteiger partial charge in [-0.2, -0.15) is 0 Å². The van der Waals surface area contributed by atoms with Gasteiger partial charge in [-0.1, -0.05) is 18.2 Å². The number of aromatic amines is 1. The van der Waals surface area contributed by atoms with Crippen molar-refractivity contribution >= 4 is 16.9 Å². The van der Waals surface area contributed by atoms with Crippen LogP contribution in [0.15, 0.2) is 30.5 Å². The summed E-state index contributed by atoms with van der Waals surface area (Å²) in [6.07, 6.45) is 1.63. The van der Waals surface area contributed by atoms with E-state index in [2.05, 4.69) is 4.98 Å². The van der Waals surface area contributed by atoms with Gasteiger partial charge in [-0.15, -0.1) is 0 Å². The highest BCUT2D eigenvalue weighted by Gasteiger charge is 2.35. The Morgan fingerprint density at radius 2 is 2.18 bits per heavy atom. The first kappa shape index (κ1) is 11.6. The topological polar surface area (TPSA) is 79.1 Å². The molecular weight excluding hydrogens is 223 g/mol. The Kier molecular flexibility index (Phi) is 2.85. The minimum Gasteiger partial charge on any atom is -0.480 e. The molecule has 5 heteroatoms. The Labute approximate surface area is 97.2 Å². The predicted octanol–water partition coefficient (Wildman–Crippen LogP) is 1.46. The van der Waals surface area contributed by atoms with E-state index in [9.17, 15) is 9.18 Å². The van der Waals surface area contributed by atoms with E-state index < -0.39 is 18.2 Å². The van der Waals surface area contributed by atoms with E-state index in [1.165, 1.54) is 0 Å². The maximum absolute atomic E-state index is 12.8. The van der Waals surface area contributed by atoms with Gasteiger partial charge in [-0.05, 0) is 11.6 Å². The van der Waals surface area contributed by atoms with Crippen molar-refractivity contribution in [2.24, 2.45) is 5.73 Å². The Hall–Kier alpha value is -1.88. The minimum absolute atomic E-state index is 0.0388. The van der Waals surface area contributed by atoms with Crippen LogP contribution >= 0.6 is 0 Å². The molecule has 17 heavy (non-hydrogen) atoms. The number of aliphatic carboxylic acids is 1. The van der Waals surface area contributed by atoms with Crippen LogP contribution in [-0.4, -0.2) is 28.3 Å². The highest BCUT2D eigenvalue weighted by Crippen LogP contribution is 2.22. The van der Waals surface area contributed by atoms with Crippen LogP contribution in [0, 0.1) is 0 Å². The highest BCUT2D eigenvalue weighted by molar-refractivity contribution is 5.85. The second-order valence-electron chi connectivity index (χ2n) is 4.13. The highest BCUT2D eigenvalue weighted by atomic mass is 19.1. The number of hydrogen-bond donors (Lipinski definition) is 3. The van der Waals surface area contributed by atoms with Gasteiger partial charge in [0, 0.05) is 23.5 Å². The molecule has 2 aromatic rings. The van der Waals surface area contributed by atoms with Crippen molar-refractivity contribution in [3.8, 4) is 0 Å². The zero-order chi connectivity index (χ0) is 12.5. The third-order valence-electron chi connectivity index (χ3n) is 2.85. The lowest BCUT2D eigenvalue weighted by Gasteiger charge is -2.20. The van der Waals surface area contributed by atoms with Gasteiger partial charge in [0.1, 0.15) is 12.2 Å². The van der Waals surface area contributed by atoms with E-state index >= 15 is 0 Å². The van der Waals surface area contributed by atoms with Crippen LogP contribution in [0.1, 0.15) is 5.56 Å². The summed E-state index contributed by atoms with van der Waals surface area (Å²) in [6.45, 7) is -1.10. The van der Waals surface area contributed by atoms with Crippen molar-refractivity contribution in [2.45, 2.75) is 12.0 Å². The van der Waals surface area contributed by atoms with Crippen LogP contribution in [0.4, 0.5) is 4.39 Å². The van der Waals surface area contributed by atoms with Crippen LogP contribution in [0.25, 0.3) is 10.9 Å². The van der Waals surface area contributed by atoms with Gasteiger partial charge < -0.3 is 15.8 Å². The molecule has 0 saturated carbocycles. The van der Waals surface area contributed by atoms with Crippen molar-refractivity contribution in [2.75, 3.05) is 6.67 Å². The number of carboxylic acids is 1. The number of para-hydroxylation sites is 1. The zero-order valence-electron chi connectivity index (χ0n) is 9.11. The predicted molar refractivity (Wildman–Crippen MR) is 62.5 cm³/mol. The van der Waals surface area contributed by atoms with Crippen molar-refractivity contribution in [1.82, 2.24) is 4.98 Å². The first-order valence-electron chi connectivity index (χ1n) is 5.20. The summed E-state index contributed by atoms with van der Waals surface area (Å²) in [4.78, 5) is 13.9. The lowest BCUT2D eigenvalue weighted by molar-refractivity contribution is -0.143. The summed E-state index contributed by atoms with van der Waals surface area (Å²) in [5, 5.41) is 9.80. The first-order chi connectivity index (χ1) is 8.07. The molecule has 0 aliphatic carbocycles. The molecule has 1 aromatic heterocycles. The van der Waals surface area contributed by atoms with Gasteiger partial charge >= 0.3 is 5.97 Å². The van der Waals surface area contributed by atoms with Gasteiger partial charge in [-0.25, -0.2) is 4.39 Å². The number of aromatic nitrogens is 1. The minimum atomic E-state index is -1.86. The average Bonchev–Trinajstić information content (AvgIpc) is 2.72. The first-order valence-corrected chi connectivity index (χ1v) is 5.20. The smallest absolute Gasteiger partial charge is 0.326 e. The molecule has 0 saturated heterocycles. The Bertz CT molecular complexity index is 552. The third kappa shape index (κ3) is 2.01. The number of benzene rings is 1. The molecule has 0 aliphatic rings. The molecule has 1 atom stereocenters. The molecule has 2 rings (SSSR count). The lowest BCUT2D eigenvalue weighted by atomic mass is 9.93. The normalized spacial score (nSPS) is 14.7. The van der Waals surface area contributed by atoms with Gasteiger partial charge in [-0.3, -0.25) is 4.79 Å². The van der Waals surface area contributed by atoms with E-state index in [4.69, 9.17) is 10.8 Å². The maximum atomic E-state index is 12.8. The van der Waals surface area contributed by atoms with Gasteiger partial charge in [0.15, 0.2) is 0 Å². The molecule has 0 fully saturated rings. The molecule has 90 valence electrons. The van der Waals surface area contributed by atoms with E-state index in [1.54, 1.807) is 6.20 Å². The molecule has 0 amide bonds. The maximum Gasteiger partial charge on any atom is 0.326 e. The Balaban J connectivity index is 2.38. The molecular formula is C12H13FN2O2.